The van der Waals surface area contributed by atoms with Crippen LogP contribution in [0.25, 0.3) is 0 Å². The molecule has 3 aromatic carbocycles. The zero-order valence-corrected chi connectivity index (χ0v) is 20.2. The molecular weight excluding hydrogens is 450 g/mol. The van der Waals surface area contributed by atoms with Crippen molar-refractivity contribution in [1.29, 1.82) is 0 Å². The maximum Gasteiger partial charge on any atom is 0.253 e. The van der Waals surface area contributed by atoms with Gasteiger partial charge in [0.05, 0.1) is 12.0 Å². The summed E-state index contributed by atoms with van der Waals surface area (Å²) in [4.78, 5) is 17.6. The van der Waals surface area contributed by atoms with Crippen LogP contribution < -0.4 is 9.64 Å². The Balaban J connectivity index is 1.48. The molecule has 4 rings (SSSR count). The molecule has 178 valence electrons. The Morgan fingerprint density at radius 3 is 2.15 bits per heavy atom. The molecule has 8 heteroatoms. The third-order valence-electron chi connectivity index (χ3n) is 6.06. The summed E-state index contributed by atoms with van der Waals surface area (Å²) in [5.41, 5.74) is 2.32. The number of para-hydroxylation sites is 1. The van der Waals surface area contributed by atoms with Crippen LogP contribution in [0.5, 0.6) is 5.75 Å². The predicted molar refractivity (Wildman–Crippen MR) is 133 cm³/mol. The number of nitrogens with zero attached hydrogens (tertiary/aromatic N) is 3. The summed E-state index contributed by atoms with van der Waals surface area (Å²) < 4.78 is 32.6. The van der Waals surface area contributed by atoms with Gasteiger partial charge in [-0.15, -0.1) is 0 Å². The largest absolute Gasteiger partial charge is 0.496 e. The van der Waals surface area contributed by atoms with E-state index in [-0.39, 0.29) is 17.3 Å². The number of amides is 1. The number of benzene rings is 3. The Kier molecular flexibility index (Phi) is 7.19. The SMILES string of the molecule is COc1ccc(C(=O)N2CCN(c3ccccc3)CC2)cc1CN(C)S(=O)(=O)c1ccccc1. The lowest BCUT2D eigenvalue weighted by atomic mass is 10.1. The number of carbonyl (C=O) groups excluding carboxylic acids is 1. The molecule has 0 N–H and O–H groups in total. The van der Waals surface area contributed by atoms with Crippen molar-refractivity contribution in [3.63, 3.8) is 0 Å². The predicted octanol–water partition coefficient (Wildman–Crippen LogP) is 3.48. The number of rotatable bonds is 7. The number of methoxy groups -OCH3 is 1. The Labute approximate surface area is 201 Å². The second-order valence-corrected chi connectivity index (χ2v) is 10.3. The van der Waals surface area contributed by atoms with Crippen LogP contribution in [0.3, 0.4) is 0 Å². The monoisotopic (exact) mass is 479 g/mol. The Hall–Kier alpha value is -3.36. The lowest BCUT2D eigenvalue weighted by Crippen LogP contribution is -2.48. The first-order valence-electron chi connectivity index (χ1n) is 11.2. The number of ether oxygens (including phenoxy) is 1. The van der Waals surface area contributed by atoms with Crippen molar-refractivity contribution in [3.05, 3.63) is 90.0 Å². The third kappa shape index (κ3) is 5.08. The van der Waals surface area contributed by atoms with E-state index in [1.165, 1.54) is 18.5 Å². The van der Waals surface area contributed by atoms with E-state index in [1.54, 1.807) is 48.5 Å². The molecule has 0 bridgehead atoms. The van der Waals surface area contributed by atoms with Crippen molar-refractivity contribution < 1.29 is 17.9 Å². The standard InChI is InChI=1S/C26H29N3O4S/c1-27(34(31,32)24-11-7-4-8-12-24)20-22-19-21(13-14-25(22)33-2)26(30)29-17-15-28(16-18-29)23-9-5-3-6-10-23/h3-14,19H,15-18,20H2,1-2H3. The average Bonchev–Trinajstić information content (AvgIpc) is 2.89. The van der Waals surface area contributed by atoms with Gasteiger partial charge in [0, 0.05) is 56.6 Å². The van der Waals surface area contributed by atoms with Crippen molar-refractivity contribution in [2.24, 2.45) is 0 Å². The summed E-state index contributed by atoms with van der Waals surface area (Å²) in [5.74, 6) is 0.478. The van der Waals surface area contributed by atoms with Gasteiger partial charge in [0.2, 0.25) is 10.0 Å². The zero-order valence-electron chi connectivity index (χ0n) is 19.4. The molecule has 0 unspecified atom stereocenters. The van der Waals surface area contributed by atoms with Gasteiger partial charge in [-0.05, 0) is 42.5 Å². The quantitative estimate of drug-likeness (QED) is 0.519. The van der Waals surface area contributed by atoms with Gasteiger partial charge >= 0.3 is 0 Å². The molecule has 0 aromatic heterocycles. The molecule has 0 radical (unpaired) electrons. The minimum Gasteiger partial charge on any atom is -0.496 e. The van der Waals surface area contributed by atoms with Crippen LogP contribution in [0.4, 0.5) is 5.69 Å². The third-order valence-corrected chi connectivity index (χ3v) is 7.88. The molecule has 1 heterocycles. The second kappa shape index (κ2) is 10.3. The van der Waals surface area contributed by atoms with Crippen LogP contribution in [0.2, 0.25) is 0 Å². The number of anilines is 1. The number of carbonyl (C=O) groups is 1. The highest BCUT2D eigenvalue weighted by Crippen LogP contribution is 2.25. The first-order chi connectivity index (χ1) is 16.4. The molecule has 1 fully saturated rings. The van der Waals surface area contributed by atoms with Crippen LogP contribution in [0.15, 0.2) is 83.8 Å². The summed E-state index contributed by atoms with van der Waals surface area (Å²) in [6.45, 7) is 2.85. The first-order valence-corrected chi connectivity index (χ1v) is 12.6. The van der Waals surface area contributed by atoms with Gasteiger partial charge in [0.25, 0.3) is 5.91 Å². The molecule has 1 aliphatic heterocycles. The summed E-state index contributed by atoms with van der Waals surface area (Å²) in [5, 5.41) is 0. The van der Waals surface area contributed by atoms with Gasteiger partial charge in [-0.2, -0.15) is 4.31 Å². The molecule has 1 saturated heterocycles. The summed E-state index contributed by atoms with van der Waals surface area (Å²) in [6, 6.07) is 23.7. The van der Waals surface area contributed by atoms with E-state index < -0.39 is 10.0 Å². The Bertz CT molecular complexity index is 1230. The smallest absolute Gasteiger partial charge is 0.253 e. The number of sulfonamides is 1. The highest BCUT2D eigenvalue weighted by Gasteiger charge is 2.25. The summed E-state index contributed by atoms with van der Waals surface area (Å²) in [7, 11) is -0.608. The minimum atomic E-state index is -3.67. The summed E-state index contributed by atoms with van der Waals surface area (Å²) >= 11 is 0. The maximum absolute atomic E-state index is 13.2. The van der Waals surface area contributed by atoms with Crippen molar-refractivity contribution in [2.45, 2.75) is 11.4 Å². The van der Waals surface area contributed by atoms with E-state index in [2.05, 4.69) is 17.0 Å². The molecular formula is C26H29N3O4S. The topological polar surface area (TPSA) is 70.2 Å². The van der Waals surface area contributed by atoms with Gasteiger partial charge in [-0.3, -0.25) is 4.79 Å². The fraction of sp³-hybridized carbons (Fsp3) is 0.269. The minimum absolute atomic E-state index is 0.0646. The van der Waals surface area contributed by atoms with E-state index in [4.69, 9.17) is 4.74 Å². The Morgan fingerprint density at radius 1 is 0.912 bits per heavy atom. The number of piperazine rings is 1. The molecule has 0 atom stereocenters. The van der Waals surface area contributed by atoms with Crippen molar-refractivity contribution >= 4 is 21.6 Å². The lowest BCUT2D eigenvalue weighted by molar-refractivity contribution is 0.0746. The molecule has 0 spiro atoms. The van der Waals surface area contributed by atoms with E-state index in [0.29, 0.717) is 30.0 Å². The highest BCUT2D eigenvalue weighted by atomic mass is 32.2. The highest BCUT2D eigenvalue weighted by molar-refractivity contribution is 7.89. The summed E-state index contributed by atoms with van der Waals surface area (Å²) in [6.07, 6.45) is 0. The van der Waals surface area contributed by atoms with E-state index in [9.17, 15) is 13.2 Å². The van der Waals surface area contributed by atoms with Gasteiger partial charge < -0.3 is 14.5 Å². The first kappa shape index (κ1) is 23.8. The molecule has 0 aliphatic carbocycles. The van der Waals surface area contributed by atoms with Crippen molar-refractivity contribution in [3.8, 4) is 5.75 Å². The molecule has 1 amide bonds. The average molecular weight is 480 g/mol. The van der Waals surface area contributed by atoms with Crippen molar-refractivity contribution in [1.82, 2.24) is 9.21 Å². The van der Waals surface area contributed by atoms with Crippen LogP contribution in [-0.4, -0.2) is 63.9 Å². The van der Waals surface area contributed by atoms with E-state index >= 15 is 0 Å². The molecule has 3 aromatic rings. The molecule has 34 heavy (non-hydrogen) atoms. The van der Waals surface area contributed by atoms with Crippen LogP contribution in [0, 0.1) is 0 Å². The fourth-order valence-corrected chi connectivity index (χ4v) is 5.29. The second-order valence-electron chi connectivity index (χ2n) is 8.22. The number of hydrogen-bond donors (Lipinski definition) is 0. The van der Waals surface area contributed by atoms with Gasteiger partial charge in [-0.25, -0.2) is 8.42 Å². The molecule has 0 saturated carbocycles. The van der Waals surface area contributed by atoms with Crippen molar-refractivity contribution in [2.75, 3.05) is 45.2 Å². The molecule has 7 nitrogen and oxygen atoms in total. The Morgan fingerprint density at radius 2 is 1.53 bits per heavy atom. The van der Waals surface area contributed by atoms with Crippen LogP contribution >= 0.6 is 0 Å². The normalized spacial score (nSPS) is 14.3. The van der Waals surface area contributed by atoms with Crippen LogP contribution in [0.1, 0.15) is 15.9 Å². The van der Waals surface area contributed by atoms with E-state index in [1.807, 2.05) is 23.1 Å². The number of hydrogen-bond acceptors (Lipinski definition) is 5. The lowest BCUT2D eigenvalue weighted by Gasteiger charge is -2.36. The zero-order chi connectivity index (χ0) is 24.1. The molecule has 1 aliphatic rings. The fourth-order valence-electron chi connectivity index (χ4n) is 4.12. The van der Waals surface area contributed by atoms with Gasteiger partial charge in [-0.1, -0.05) is 36.4 Å². The van der Waals surface area contributed by atoms with Gasteiger partial charge in [0.1, 0.15) is 5.75 Å². The van der Waals surface area contributed by atoms with Gasteiger partial charge in [0.15, 0.2) is 0 Å². The van der Waals surface area contributed by atoms with E-state index in [0.717, 1.165) is 18.8 Å². The van der Waals surface area contributed by atoms with Crippen LogP contribution in [-0.2, 0) is 16.6 Å². The maximum atomic E-state index is 13.2.